The van der Waals surface area contributed by atoms with Gasteiger partial charge < -0.3 is 4.74 Å². The molecule has 2 aromatic carbocycles. The summed E-state index contributed by atoms with van der Waals surface area (Å²) in [6, 6.07) is 18.5. The normalized spacial score (nSPS) is 11.9. The minimum atomic E-state index is -4.17. The Kier molecular flexibility index (Phi) is 6.05. The molecule has 0 fully saturated rings. The zero-order valence-electron chi connectivity index (χ0n) is 18.8. The van der Waals surface area contributed by atoms with Gasteiger partial charge in [0.25, 0.3) is 5.56 Å². The number of rotatable bonds is 5. The lowest BCUT2D eigenvalue weighted by atomic mass is 10.2. The van der Waals surface area contributed by atoms with Crippen molar-refractivity contribution in [1.82, 2.24) is 9.38 Å². The molecular weight excluding hydrogens is 450 g/mol. The fourth-order valence-corrected chi connectivity index (χ4v) is 4.56. The van der Waals surface area contributed by atoms with Crippen LogP contribution in [0.3, 0.4) is 0 Å². The van der Waals surface area contributed by atoms with Gasteiger partial charge in [-0.1, -0.05) is 42.0 Å². The first-order valence-corrected chi connectivity index (χ1v) is 11.9. The molecule has 34 heavy (non-hydrogen) atoms. The summed E-state index contributed by atoms with van der Waals surface area (Å²) in [4.78, 5) is 17.3. The second kappa shape index (κ2) is 8.96. The molecule has 170 valence electrons. The summed E-state index contributed by atoms with van der Waals surface area (Å²) in [5, 5.41) is 9.74. The molecule has 2 aromatic heterocycles. The zero-order chi connectivity index (χ0) is 24.5. The Morgan fingerprint density at radius 3 is 2.35 bits per heavy atom. The van der Waals surface area contributed by atoms with E-state index in [1.807, 2.05) is 26.0 Å². The van der Waals surface area contributed by atoms with Gasteiger partial charge in [-0.25, -0.2) is 8.42 Å². The van der Waals surface area contributed by atoms with E-state index in [4.69, 9.17) is 4.74 Å². The maximum atomic E-state index is 13.4. The molecule has 0 bridgehead atoms. The summed E-state index contributed by atoms with van der Waals surface area (Å²) >= 11 is 0. The van der Waals surface area contributed by atoms with Crippen molar-refractivity contribution in [1.29, 1.82) is 5.26 Å². The largest absolute Gasteiger partial charge is 0.438 e. The van der Waals surface area contributed by atoms with E-state index in [2.05, 4.69) is 4.98 Å². The molecule has 0 amide bonds. The number of hydrogen-bond donors (Lipinski definition) is 0. The van der Waals surface area contributed by atoms with Gasteiger partial charge in [0.05, 0.1) is 4.90 Å². The van der Waals surface area contributed by atoms with Crippen molar-refractivity contribution >= 4 is 21.6 Å². The van der Waals surface area contributed by atoms with Crippen molar-refractivity contribution in [2.75, 3.05) is 0 Å². The Morgan fingerprint density at radius 1 is 1.00 bits per heavy atom. The molecule has 4 rings (SSSR count). The molecule has 0 aliphatic carbocycles. The molecule has 0 atom stereocenters. The number of pyridine rings is 1. The first-order chi connectivity index (χ1) is 16.2. The van der Waals surface area contributed by atoms with Crippen molar-refractivity contribution < 1.29 is 13.2 Å². The summed E-state index contributed by atoms with van der Waals surface area (Å²) in [6.07, 6.45) is 2.57. The SMILES string of the molecule is Cc1ccc(S(=O)(=O)C(C#N)=Cc2c(Oc3ccccc3C)nc3c(C)cccn3c2=O)cc1. The molecule has 0 aliphatic rings. The van der Waals surface area contributed by atoms with Crippen LogP contribution in [0.25, 0.3) is 11.7 Å². The summed E-state index contributed by atoms with van der Waals surface area (Å²) in [5.74, 6) is 0.377. The summed E-state index contributed by atoms with van der Waals surface area (Å²) in [6.45, 7) is 5.47. The van der Waals surface area contributed by atoms with Crippen LogP contribution in [0.1, 0.15) is 22.3 Å². The van der Waals surface area contributed by atoms with Crippen LogP contribution in [-0.2, 0) is 9.84 Å². The number of ether oxygens (including phenoxy) is 1. The molecular formula is C26H21N3O4S. The minimum Gasteiger partial charge on any atom is -0.438 e. The first kappa shape index (κ1) is 23.0. The Hall–Kier alpha value is -4.22. The maximum Gasteiger partial charge on any atom is 0.269 e. The lowest BCUT2D eigenvalue weighted by Crippen LogP contribution is -2.20. The highest BCUT2D eigenvalue weighted by molar-refractivity contribution is 7.95. The number of aromatic nitrogens is 2. The van der Waals surface area contributed by atoms with Crippen LogP contribution < -0.4 is 10.3 Å². The van der Waals surface area contributed by atoms with E-state index in [9.17, 15) is 18.5 Å². The highest BCUT2D eigenvalue weighted by Crippen LogP contribution is 2.29. The summed E-state index contributed by atoms with van der Waals surface area (Å²) in [5.41, 5.74) is 2.09. The van der Waals surface area contributed by atoms with Crippen LogP contribution in [0.4, 0.5) is 0 Å². The number of para-hydroxylation sites is 1. The van der Waals surface area contributed by atoms with E-state index in [1.54, 1.807) is 49.4 Å². The maximum absolute atomic E-state index is 13.4. The van der Waals surface area contributed by atoms with Crippen LogP contribution in [0.15, 0.2) is 81.5 Å². The lowest BCUT2D eigenvalue weighted by molar-refractivity contribution is 0.457. The zero-order valence-corrected chi connectivity index (χ0v) is 19.6. The van der Waals surface area contributed by atoms with Crippen LogP contribution in [0.5, 0.6) is 11.6 Å². The molecule has 4 aromatic rings. The third-order valence-electron chi connectivity index (χ3n) is 5.36. The summed E-state index contributed by atoms with van der Waals surface area (Å²) in [7, 11) is -4.17. The van der Waals surface area contributed by atoms with Crippen molar-refractivity contribution in [2.24, 2.45) is 0 Å². The van der Waals surface area contributed by atoms with Crippen molar-refractivity contribution in [3.63, 3.8) is 0 Å². The molecule has 0 saturated carbocycles. The standard InChI is InChI=1S/C26H21N3O4S/c1-17-10-12-20(13-11-17)34(31,32)21(16-27)15-22-25(33-23-9-5-4-7-18(23)2)28-24-19(3)8-6-14-29(24)26(22)30/h4-15H,1-3H3. The predicted octanol–water partition coefficient (Wildman–Crippen LogP) is 4.75. The van der Waals surface area contributed by atoms with Crippen molar-refractivity contribution in [2.45, 2.75) is 25.7 Å². The molecule has 0 saturated heterocycles. The second-order valence-corrected chi connectivity index (χ2v) is 9.74. The molecule has 0 N–H and O–H groups in total. The van der Waals surface area contributed by atoms with Gasteiger partial charge in [0.15, 0.2) is 0 Å². The van der Waals surface area contributed by atoms with Crippen LogP contribution in [-0.4, -0.2) is 17.8 Å². The number of nitriles is 1. The predicted molar refractivity (Wildman–Crippen MR) is 129 cm³/mol. The number of benzene rings is 2. The number of allylic oxidation sites excluding steroid dienone is 1. The Morgan fingerprint density at radius 2 is 1.68 bits per heavy atom. The van der Waals surface area contributed by atoms with Gasteiger partial charge in [0.2, 0.25) is 15.7 Å². The monoisotopic (exact) mass is 471 g/mol. The average Bonchev–Trinajstić information content (AvgIpc) is 2.81. The molecule has 8 heteroatoms. The molecule has 0 unspecified atom stereocenters. The van der Waals surface area contributed by atoms with Gasteiger partial charge in [-0.15, -0.1) is 0 Å². The topological polar surface area (TPSA) is 102 Å². The van der Waals surface area contributed by atoms with Gasteiger partial charge >= 0.3 is 0 Å². The van der Waals surface area contributed by atoms with Gasteiger partial charge in [0, 0.05) is 6.20 Å². The van der Waals surface area contributed by atoms with E-state index in [-0.39, 0.29) is 16.3 Å². The molecule has 0 spiro atoms. The van der Waals surface area contributed by atoms with Gasteiger partial charge in [-0.3, -0.25) is 9.20 Å². The molecule has 2 heterocycles. The van der Waals surface area contributed by atoms with Crippen LogP contribution >= 0.6 is 0 Å². The Labute approximate surface area is 197 Å². The van der Waals surface area contributed by atoms with E-state index < -0.39 is 20.3 Å². The molecule has 0 aliphatic heterocycles. The third-order valence-corrected chi connectivity index (χ3v) is 7.04. The number of nitrogens with zero attached hydrogens (tertiary/aromatic N) is 3. The number of fused-ring (bicyclic) bond motifs is 1. The summed E-state index contributed by atoms with van der Waals surface area (Å²) < 4.78 is 33.6. The number of sulfone groups is 1. The number of aryl methyl sites for hydroxylation is 3. The van der Waals surface area contributed by atoms with Crippen LogP contribution in [0, 0.1) is 32.1 Å². The fraction of sp³-hybridized carbons (Fsp3) is 0.115. The average molecular weight is 472 g/mol. The van der Waals surface area contributed by atoms with Gasteiger partial charge in [0.1, 0.15) is 27.9 Å². The first-order valence-electron chi connectivity index (χ1n) is 10.4. The second-order valence-electron chi connectivity index (χ2n) is 7.83. The Bertz CT molecular complexity index is 1640. The lowest BCUT2D eigenvalue weighted by Gasteiger charge is -2.13. The fourth-order valence-electron chi connectivity index (χ4n) is 3.41. The van der Waals surface area contributed by atoms with Crippen molar-refractivity contribution in [3.05, 3.63) is 104 Å². The molecule has 7 nitrogen and oxygen atoms in total. The van der Waals surface area contributed by atoms with E-state index in [0.717, 1.165) is 22.8 Å². The Balaban J connectivity index is 1.98. The minimum absolute atomic E-state index is 0.0445. The van der Waals surface area contributed by atoms with Crippen molar-refractivity contribution in [3.8, 4) is 17.7 Å². The quantitative estimate of drug-likeness (QED) is 0.389. The molecule has 0 radical (unpaired) electrons. The highest BCUT2D eigenvalue weighted by Gasteiger charge is 2.24. The van der Waals surface area contributed by atoms with E-state index in [0.29, 0.717) is 11.4 Å². The van der Waals surface area contributed by atoms with Gasteiger partial charge in [-0.2, -0.15) is 10.2 Å². The third kappa shape index (κ3) is 4.21. The smallest absolute Gasteiger partial charge is 0.269 e. The van der Waals surface area contributed by atoms with Gasteiger partial charge in [-0.05, 0) is 62.2 Å². The van der Waals surface area contributed by atoms with E-state index in [1.165, 1.54) is 22.7 Å². The van der Waals surface area contributed by atoms with Crippen LogP contribution in [0.2, 0.25) is 0 Å². The van der Waals surface area contributed by atoms with E-state index >= 15 is 0 Å². The number of hydrogen-bond acceptors (Lipinski definition) is 6. The highest BCUT2D eigenvalue weighted by atomic mass is 32.2.